The van der Waals surface area contributed by atoms with Crippen molar-refractivity contribution in [2.75, 3.05) is 7.11 Å². The summed E-state index contributed by atoms with van der Waals surface area (Å²) in [5.41, 5.74) is -2.52. The van der Waals surface area contributed by atoms with Gasteiger partial charge >= 0.3 is 23.9 Å². The van der Waals surface area contributed by atoms with E-state index in [9.17, 15) is 33.2 Å². The van der Waals surface area contributed by atoms with E-state index in [4.69, 9.17) is 0 Å². The van der Waals surface area contributed by atoms with Gasteiger partial charge in [0.25, 0.3) is 0 Å². The van der Waals surface area contributed by atoms with Crippen LogP contribution in [0.5, 0.6) is 11.6 Å². The molecule has 0 amide bonds. The van der Waals surface area contributed by atoms with Crippen LogP contribution in [0.1, 0.15) is 10.4 Å². The molecule has 0 bridgehead atoms. The molecule has 19 heavy (non-hydrogen) atoms. The second kappa shape index (κ2) is 4.96. The van der Waals surface area contributed by atoms with Crippen LogP contribution in [0.15, 0.2) is 6.20 Å². The van der Waals surface area contributed by atoms with Gasteiger partial charge < -0.3 is 14.6 Å². The number of carbonyl (C=O) groups is 1. The molecule has 0 spiro atoms. The number of ether oxygens (including phenoxy) is 2. The third-order valence-electron chi connectivity index (χ3n) is 1.78. The largest absolute Gasteiger partial charge is 0.574 e. The number of hydrogen-bond donors (Lipinski definition) is 1. The van der Waals surface area contributed by atoms with Gasteiger partial charge in [-0.1, -0.05) is 0 Å². The Morgan fingerprint density at radius 1 is 1.53 bits per heavy atom. The first kappa shape index (κ1) is 14.5. The molecule has 0 aromatic carbocycles. The fraction of sp³-hybridized carbons (Fsp3) is 0.250. The van der Waals surface area contributed by atoms with Crippen LogP contribution < -0.4 is 4.74 Å². The molecule has 11 heteroatoms. The molecule has 0 aliphatic carbocycles. The van der Waals surface area contributed by atoms with Gasteiger partial charge in [0.1, 0.15) is 0 Å². The number of halogens is 3. The highest BCUT2D eigenvalue weighted by molar-refractivity contribution is 5.97. The van der Waals surface area contributed by atoms with Gasteiger partial charge in [0.15, 0.2) is 11.3 Å². The summed E-state index contributed by atoms with van der Waals surface area (Å²) >= 11 is 0. The summed E-state index contributed by atoms with van der Waals surface area (Å²) in [6.07, 6.45) is -4.84. The number of rotatable bonds is 3. The third-order valence-corrected chi connectivity index (χ3v) is 1.78. The molecular weight excluding hydrogens is 277 g/mol. The van der Waals surface area contributed by atoms with Crippen LogP contribution in [0.25, 0.3) is 0 Å². The summed E-state index contributed by atoms with van der Waals surface area (Å²) in [4.78, 5) is 23.5. The van der Waals surface area contributed by atoms with Gasteiger partial charge in [-0.05, 0) is 0 Å². The summed E-state index contributed by atoms with van der Waals surface area (Å²) in [5.74, 6) is -3.89. The molecule has 1 rings (SSSR count). The van der Waals surface area contributed by atoms with E-state index in [1.165, 1.54) is 0 Å². The Labute approximate surface area is 102 Å². The predicted octanol–water partition coefficient (Wildman–Crippen LogP) is 1.38. The zero-order valence-corrected chi connectivity index (χ0v) is 9.09. The minimum Gasteiger partial charge on any atom is -0.505 e. The maximum atomic E-state index is 12.0. The number of nitro groups is 1. The van der Waals surface area contributed by atoms with Crippen molar-refractivity contribution in [2.45, 2.75) is 6.36 Å². The lowest BCUT2D eigenvalue weighted by atomic mass is 10.2. The van der Waals surface area contributed by atoms with E-state index in [2.05, 4.69) is 14.5 Å². The highest BCUT2D eigenvalue weighted by Crippen LogP contribution is 2.37. The van der Waals surface area contributed by atoms with Crippen LogP contribution in [0.3, 0.4) is 0 Å². The van der Waals surface area contributed by atoms with Gasteiger partial charge in [0.05, 0.1) is 18.2 Å². The highest BCUT2D eigenvalue weighted by atomic mass is 19.4. The number of esters is 1. The van der Waals surface area contributed by atoms with E-state index in [0.717, 1.165) is 7.11 Å². The topological polar surface area (TPSA) is 112 Å². The zero-order valence-electron chi connectivity index (χ0n) is 9.09. The van der Waals surface area contributed by atoms with Gasteiger partial charge in [-0.3, -0.25) is 10.1 Å². The Bertz CT molecular complexity index is 530. The van der Waals surface area contributed by atoms with E-state index >= 15 is 0 Å². The van der Waals surface area contributed by atoms with Gasteiger partial charge in [-0.25, -0.2) is 9.78 Å². The smallest absolute Gasteiger partial charge is 0.505 e. The lowest BCUT2D eigenvalue weighted by Crippen LogP contribution is -2.20. The number of aromatic nitrogens is 1. The third kappa shape index (κ3) is 3.20. The fourth-order valence-corrected chi connectivity index (χ4v) is 1.13. The van der Waals surface area contributed by atoms with E-state index in [0.29, 0.717) is 6.20 Å². The normalized spacial score (nSPS) is 10.9. The predicted molar refractivity (Wildman–Crippen MR) is 50.6 cm³/mol. The molecule has 0 fully saturated rings. The molecular formula is C8H5F3N2O6. The summed E-state index contributed by atoms with van der Waals surface area (Å²) in [6.45, 7) is 0. The van der Waals surface area contributed by atoms with Crippen molar-refractivity contribution in [3.8, 4) is 11.6 Å². The molecule has 0 atom stereocenters. The minimum atomic E-state index is -5.25. The van der Waals surface area contributed by atoms with E-state index in [1.807, 2.05) is 0 Å². The van der Waals surface area contributed by atoms with Crippen LogP contribution >= 0.6 is 0 Å². The van der Waals surface area contributed by atoms with Gasteiger partial charge in [0.2, 0.25) is 0 Å². The van der Waals surface area contributed by atoms with Gasteiger partial charge in [-0.15, -0.1) is 13.2 Å². The summed E-state index contributed by atoms with van der Waals surface area (Å²) in [5, 5.41) is 20.0. The Balaban J connectivity index is 3.50. The molecule has 0 unspecified atom stereocenters. The molecule has 1 N–H and O–H groups in total. The standard InChI is InChI=1S/C8H5F3N2O6/c1-18-7(15)4-3(14)2-12-6(5(4)13(16)17)19-8(9,10)11/h2,14H,1H3. The van der Waals surface area contributed by atoms with Crippen LogP contribution in [0.2, 0.25) is 0 Å². The van der Waals surface area contributed by atoms with Crippen molar-refractivity contribution in [3.05, 3.63) is 21.9 Å². The molecule has 1 heterocycles. The number of hydrogen-bond acceptors (Lipinski definition) is 7. The second-order valence-corrected chi connectivity index (χ2v) is 2.97. The van der Waals surface area contributed by atoms with Crippen LogP contribution in [-0.2, 0) is 4.74 Å². The molecule has 0 aliphatic rings. The van der Waals surface area contributed by atoms with Crippen molar-refractivity contribution < 1.29 is 37.5 Å². The van der Waals surface area contributed by atoms with E-state index in [1.54, 1.807) is 0 Å². The number of pyridine rings is 1. The highest BCUT2D eigenvalue weighted by Gasteiger charge is 2.39. The monoisotopic (exact) mass is 282 g/mol. The van der Waals surface area contributed by atoms with Crippen molar-refractivity contribution in [3.63, 3.8) is 0 Å². The average Bonchev–Trinajstić information content (AvgIpc) is 2.27. The first-order valence-corrected chi connectivity index (χ1v) is 4.37. The molecule has 0 aliphatic heterocycles. The maximum absolute atomic E-state index is 12.0. The second-order valence-electron chi connectivity index (χ2n) is 2.97. The van der Waals surface area contributed by atoms with Crippen molar-refractivity contribution >= 4 is 11.7 Å². The Hall–Kier alpha value is -2.59. The molecule has 0 radical (unpaired) electrons. The lowest BCUT2D eigenvalue weighted by Gasteiger charge is -2.10. The quantitative estimate of drug-likeness (QED) is 0.506. The van der Waals surface area contributed by atoms with E-state index in [-0.39, 0.29) is 0 Å². The number of carbonyl (C=O) groups excluding carboxylic acids is 1. The van der Waals surface area contributed by atoms with Crippen LogP contribution in [0.4, 0.5) is 18.9 Å². The Morgan fingerprint density at radius 2 is 2.11 bits per heavy atom. The average molecular weight is 282 g/mol. The van der Waals surface area contributed by atoms with Gasteiger partial charge in [0, 0.05) is 0 Å². The lowest BCUT2D eigenvalue weighted by molar-refractivity contribution is -0.389. The Morgan fingerprint density at radius 3 is 2.53 bits per heavy atom. The molecule has 0 saturated carbocycles. The number of aromatic hydroxyl groups is 1. The molecule has 8 nitrogen and oxygen atoms in total. The van der Waals surface area contributed by atoms with E-state index < -0.39 is 40.1 Å². The summed E-state index contributed by atoms with van der Waals surface area (Å²) < 4.78 is 43.5. The summed E-state index contributed by atoms with van der Waals surface area (Å²) in [6, 6.07) is 0. The van der Waals surface area contributed by atoms with Crippen LogP contribution in [0, 0.1) is 10.1 Å². The number of alkyl halides is 3. The Kier molecular flexibility index (Phi) is 3.77. The number of methoxy groups -OCH3 is 1. The first-order chi connectivity index (χ1) is 8.67. The molecule has 104 valence electrons. The first-order valence-electron chi connectivity index (χ1n) is 4.37. The van der Waals surface area contributed by atoms with Crippen molar-refractivity contribution in [2.24, 2.45) is 0 Å². The minimum absolute atomic E-state index is 0.403. The summed E-state index contributed by atoms with van der Waals surface area (Å²) in [7, 11) is 0.830. The van der Waals surface area contributed by atoms with Gasteiger partial charge in [-0.2, -0.15) is 0 Å². The van der Waals surface area contributed by atoms with Crippen molar-refractivity contribution in [1.82, 2.24) is 4.98 Å². The maximum Gasteiger partial charge on any atom is 0.574 e. The van der Waals surface area contributed by atoms with Crippen molar-refractivity contribution in [1.29, 1.82) is 0 Å². The SMILES string of the molecule is COC(=O)c1c(O)cnc(OC(F)(F)F)c1[N+](=O)[O-]. The molecule has 1 aromatic heterocycles. The molecule has 1 aromatic rings. The number of nitrogens with zero attached hydrogens (tertiary/aromatic N) is 2. The fourth-order valence-electron chi connectivity index (χ4n) is 1.13. The zero-order chi connectivity index (χ0) is 14.8. The molecule has 0 saturated heterocycles. The van der Waals surface area contributed by atoms with Crippen LogP contribution in [-0.4, -0.2) is 34.5 Å².